The monoisotopic (exact) mass is 358 g/mol. The van der Waals surface area contributed by atoms with Gasteiger partial charge < -0.3 is 0 Å². The number of ketones is 1. The Bertz CT molecular complexity index is 722. The van der Waals surface area contributed by atoms with Crippen LogP contribution in [-0.4, -0.2) is 21.0 Å². The van der Waals surface area contributed by atoms with Crippen LogP contribution in [0.15, 0.2) is 23.8 Å². The number of allylic oxidation sites excluding steroid dienone is 1. The van der Waals surface area contributed by atoms with E-state index < -0.39 is 10.8 Å². The first kappa shape index (κ1) is 16.5. The van der Waals surface area contributed by atoms with Crippen LogP contribution in [0.3, 0.4) is 0 Å². The van der Waals surface area contributed by atoms with Crippen molar-refractivity contribution < 1.29 is 9.00 Å². The fourth-order valence-corrected chi connectivity index (χ4v) is 10.3. The van der Waals surface area contributed by atoms with Gasteiger partial charge in [-0.25, -0.2) is 0 Å². The Hall–Kier alpha value is -0.700. The molecule has 3 heteroatoms. The fourth-order valence-electron chi connectivity index (χ4n) is 8.04. The summed E-state index contributed by atoms with van der Waals surface area (Å²) in [6.07, 6.45) is 9.80. The smallest absolute Gasteiger partial charge is 0.155 e. The zero-order valence-electron chi connectivity index (χ0n) is 15.6. The van der Waals surface area contributed by atoms with Crippen LogP contribution in [0.1, 0.15) is 58.8 Å². The molecule has 0 amide bonds. The van der Waals surface area contributed by atoms with Crippen molar-refractivity contribution in [3.8, 4) is 0 Å². The number of carbonyl (C=O) groups is 1. The average Bonchev–Trinajstić information content (AvgIpc) is 3.00. The van der Waals surface area contributed by atoms with E-state index in [0.717, 1.165) is 24.5 Å². The molecule has 4 aliphatic carbocycles. The maximum atomic E-state index is 13.0. The fraction of sp³-hybridized carbons (Fsp3) is 0.773. The van der Waals surface area contributed by atoms with Crippen LogP contribution < -0.4 is 0 Å². The molecule has 2 bridgehead atoms. The highest BCUT2D eigenvalue weighted by Gasteiger charge is 2.65. The molecule has 25 heavy (non-hydrogen) atoms. The molecule has 1 heterocycles. The van der Waals surface area contributed by atoms with E-state index in [9.17, 15) is 9.00 Å². The molecule has 0 radical (unpaired) electrons. The second-order valence-electron chi connectivity index (χ2n) is 9.87. The largest absolute Gasteiger partial charge is 0.295 e. The summed E-state index contributed by atoms with van der Waals surface area (Å²) in [6, 6.07) is 0. The Kier molecular flexibility index (Phi) is 3.41. The van der Waals surface area contributed by atoms with E-state index in [0.29, 0.717) is 29.6 Å². The SMILES string of the molecule is C=C(C)C1CCC2C3C[C@H]4C5=CC(=O)CC[C@]5(CS4=O)C3CC[C@]12C. The van der Waals surface area contributed by atoms with Gasteiger partial charge in [-0.2, -0.15) is 0 Å². The summed E-state index contributed by atoms with van der Waals surface area (Å²) >= 11 is 0. The van der Waals surface area contributed by atoms with E-state index >= 15 is 0 Å². The number of rotatable bonds is 1. The average molecular weight is 359 g/mol. The van der Waals surface area contributed by atoms with Crippen LogP contribution in [0.4, 0.5) is 0 Å². The second-order valence-corrected chi connectivity index (χ2v) is 11.5. The first-order chi connectivity index (χ1) is 11.9. The third-order valence-electron chi connectivity index (χ3n) is 9.00. The maximum Gasteiger partial charge on any atom is 0.155 e. The second kappa shape index (κ2) is 5.18. The van der Waals surface area contributed by atoms with E-state index in [1.54, 1.807) is 0 Å². The molecule has 0 N–H and O–H groups in total. The van der Waals surface area contributed by atoms with Gasteiger partial charge >= 0.3 is 0 Å². The Morgan fingerprint density at radius 3 is 2.80 bits per heavy atom. The highest BCUT2D eigenvalue weighted by atomic mass is 32.2. The van der Waals surface area contributed by atoms with Gasteiger partial charge in [0.1, 0.15) is 0 Å². The van der Waals surface area contributed by atoms with Crippen LogP contribution in [-0.2, 0) is 15.6 Å². The molecule has 5 unspecified atom stereocenters. The lowest BCUT2D eigenvalue weighted by Gasteiger charge is -2.57. The molecule has 1 aliphatic heterocycles. The van der Waals surface area contributed by atoms with Gasteiger partial charge in [0, 0.05) is 28.4 Å². The van der Waals surface area contributed by atoms with Gasteiger partial charge in [-0.05, 0) is 86.2 Å². The van der Waals surface area contributed by atoms with Gasteiger partial charge in [0.2, 0.25) is 0 Å². The van der Waals surface area contributed by atoms with Crippen LogP contribution in [0.2, 0.25) is 0 Å². The summed E-state index contributed by atoms with van der Waals surface area (Å²) in [5.41, 5.74) is 3.18. The molecule has 3 saturated carbocycles. The van der Waals surface area contributed by atoms with Gasteiger partial charge in [-0.15, -0.1) is 0 Å². The van der Waals surface area contributed by atoms with Crippen molar-refractivity contribution >= 4 is 16.6 Å². The molecule has 2 nitrogen and oxygen atoms in total. The molecule has 5 rings (SSSR count). The predicted molar refractivity (Wildman–Crippen MR) is 102 cm³/mol. The van der Waals surface area contributed by atoms with E-state index in [2.05, 4.69) is 20.4 Å². The Morgan fingerprint density at radius 1 is 1.24 bits per heavy atom. The molecule has 0 spiro atoms. The van der Waals surface area contributed by atoms with Crippen molar-refractivity contribution in [2.75, 3.05) is 5.75 Å². The van der Waals surface area contributed by atoms with Gasteiger partial charge in [0.15, 0.2) is 5.78 Å². The topological polar surface area (TPSA) is 34.1 Å². The maximum absolute atomic E-state index is 13.0. The zero-order valence-corrected chi connectivity index (χ0v) is 16.4. The van der Waals surface area contributed by atoms with E-state index in [4.69, 9.17) is 0 Å². The minimum absolute atomic E-state index is 0.106. The lowest BCUT2D eigenvalue weighted by Crippen LogP contribution is -2.52. The van der Waals surface area contributed by atoms with Gasteiger partial charge in [-0.1, -0.05) is 19.1 Å². The normalized spacial score (nSPS) is 53.7. The van der Waals surface area contributed by atoms with E-state index in [1.165, 1.54) is 36.8 Å². The highest BCUT2D eigenvalue weighted by molar-refractivity contribution is 7.86. The summed E-state index contributed by atoms with van der Waals surface area (Å²) in [5, 5.41) is 0.178. The van der Waals surface area contributed by atoms with Crippen LogP contribution in [0.25, 0.3) is 0 Å². The lowest BCUT2D eigenvalue weighted by molar-refractivity contribution is -0.117. The van der Waals surface area contributed by atoms with Crippen molar-refractivity contribution in [3.63, 3.8) is 0 Å². The number of hydrogen-bond acceptors (Lipinski definition) is 2. The molecule has 0 aromatic carbocycles. The molecular formula is C22H30O2S. The lowest BCUT2D eigenvalue weighted by atomic mass is 9.46. The molecule has 1 saturated heterocycles. The highest BCUT2D eigenvalue weighted by Crippen LogP contribution is 2.69. The molecule has 136 valence electrons. The Balaban J connectivity index is 1.57. The minimum Gasteiger partial charge on any atom is -0.295 e. The van der Waals surface area contributed by atoms with Crippen LogP contribution in [0.5, 0.6) is 0 Å². The summed E-state index contributed by atoms with van der Waals surface area (Å²) < 4.78 is 13.0. The third kappa shape index (κ3) is 1.97. The molecule has 8 atom stereocenters. The van der Waals surface area contributed by atoms with Gasteiger partial charge in [-0.3, -0.25) is 9.00 Å². The summed E-state index contributed by atoms with van der Waals surface area (Å²) in [7, 11) is -0.766. The first-order valence-electron chi connectivity index (χ1n) is 10.1. The van der Waals surface area contributed by atoms with Crippen molar-refractivity contribution in [3.05, 3.63) is 23.8 Å². The van der Waals surface area contributed by atoms with Gasteiger partial charge in [0.25, 0.3) is 0 Å². The van der Waals surface area contributed by atoms with Crippen LogP contribution >= 0.6 is 0 Å². The molecule has 5 aliphatic rings. The molecule has 0 aromatic heterocycles. The van der Waals surface area contributed by atoms with Crippen LogP contribution in [0, 0.1) is 34.5 Å². The summed E-state index contributed by atoms with van der Waals surface area (Å²) in [4.78, 5) is 12.1. The quantitative estimate of drug-likeness (QED) is 0.650. The van der Waals surface area contributed by atoms with Crippen molar-refractivity contribution in [1.29, 1.82) is 0 Å². The van der Waals surface area contributed by atoms with E-state index in [-0.39, 0.29) is 16.4 Å². The number of carbonyl (C=O) groups excluding carboxylic acids is 1. The molecular weight excluding hydrogens is 328 g/mol. The molecule has 0 aromatic rings. The zero-order chi connectivity index (χ0) is 17.6. The van der Waals surface area contributed by atoms with E-state index in [1.807, 2.05) is 6.08 Å². The Labute approximate surface area is 154 Å². The summed E-state index contributed by atoms with van der Waals surface area (Å²) in [5.74, 6) is 3.93. The summed E-state index contributed by atoms with van der Waals surface area (Å²) in [6.45, 7) is 9.05. The minimum atomic E-state index is -0.766. The van der Waals surface area contributed by atoms with Crippen molar-refractivity contribution in [2.24, 2.45) is 34.5 Å². The molecule has 4 fully saturated rings. The number of hydrogen-bond donors (Lipinski definition) is 0. The first-order valence-corrected chi connectivity index (χ1v) is 11.5. The number of fused-ring (bicyclic) bond motifs is 3. The Morgan fingerprint density at radius 2 is 2.04 bits per heavy atom. The standard InChI is InChI=1S/C22H30O2S/c1-13(2)16-4-5-17-15-11-20-19-10-14(23)6-9-22(19,12-25(20)24)18(15)7-8-21(16,17)3/h10,15-18,20H,1,4-9,11-12H2,2-3H3/t15?,16?,17?,18?,20-,21+,22-,25?/m0/s1. The third-order valence-corrected chi connectivity index (χ3v) is 10.9. The predicted octanol–water partition coefficient (Wildman–Crippen LogP) is 4.43. The van der Waals surface area contributed by atoms with Crippen molar-refractivity contribution in [2.45, 2.75) is 64.0 Å². The van der Waals surface area contributed by atoms with Gasteiger partial charge in [0.05, 0.1) is 5.25 Å². The van der Waals surface area contributed by atoms with Crippen molar-refractivity contribution in [1.82, 2.24) is 0 Å².